The van der Waals surface area contributed by atoms with Crippen LogP contribution in [0.25, 0.3) is 0 Å². The molecule has 0 aromatic heterocycles. The van der Waals surface area contributed by atoms with E-state index in [9.17, 15) is 22.4 Å². The predicted octanol–water partition coefficient (Wildman–Crippen LogP) is 2.56. The summed E-state index contributed by atoms with van der Waals surface area (Å²) in [5.41, 5.74) is 3.34. The highest BCUT2D eigenvalue weighted by Crippen LogP contribution is 2.32. The monoisotopic (exact) mass is 292 g/mol. The summed E-state index contributed by atoms with van der Waals surface area (Å²) < 4.78 is 51.4. The number of carbonyl (C=O) groups excluding carboxylic acids is 1. The molecule has 0 aliphatic carbocycles. The number of hydrogen-bond acceptors (Lipinski definition) is 2. The number of alkyl halides is 3. The van der Waals surface area contributed by atoms with E-state index < -0.39 is 29.0 Å². The van der Waals surface area contributed by atoms with Crippen LogP contribution in [0.1, 0.15) is 29.8 Å². The smallest absolute Gasteiger partial charge is 0.349 e. The highest BCUT2D eigenvalue weighted by Gasteiger charge is 2.35. The minimum Gasteiger partial charge on any atom is -0.349 e. The van der Waals surface area contributed by atoms with Gasteiger partial charge in [-0.05, 0) is 31.5 Å². The number of nitrogens with one attached hydrogen (secondary N) is 1. The summed E-state index contributed by atoms with van der Waals surface area (Å²) in [5.74, 6) is -2.53. The zero-order valence-electron chi connectivity index (χ0n) is 11.1. The van der Waals surface area contributed by atoms with E-state index in [1.54, 1.807) is 13.8 Å². The first-order chi connectivity index (χ1) is 9.18. The van der Waals surface area contributed by atoms with Gasteiger partial charge in [-0.2, -0.15) is 13.2 Å². The summed E-state index contributed by atoms with van der Waals surface area (Å²) in [6.45, 7) is 3.72. The van der Waals surface area contributed by atoms with Crippen LogP contribution in [0.2, 0.25) is 0 Å². The first-order valence-electron chi connectivity index (χ1n) is 6.05. The van der Waals surface area contributed by atoms with Gasteiger partial charge in [0.1, 0.15) is 5.82 Å². The van der Waals surface area contributed by atoms with Crippen LogP contribution < -0.4 is 11.1 Å². The molecule has 1 aromatic carbocycles. The lowest BCUT2D eigenvalue weighted by molar-refractivity contribution is -0.140. The highest BCUT2D eigenvalue weighted by molar-refractivity contribution is 5.94. The normalized spacial score (nSPS) is 14.8. The van der Waals surface area contributed by atoms with Gasteiger partial charge in [0.05, 0.1) is 11.1 Å². The molecule has 0 saturated heterocycles. The number of halogens is 4. The first-order valence-corrected chi connectivity index (χ1v) is 6.05. The maximum absolute atomic E-state index is 13.7. The van der Waals surface area contributed by atoms with E-state index in [4.69, 9.17) is 5.73 Å². The van der Waals surface area contributed by atoms with Gasteiger partial charge in [-0.15, -0.1) is 0 Å². The van der Waals surface area contributed by atoms with Gasteiger partial charge in [0.2, 0.25) is 0 Å². The van der Waals surface area contributed by atoms with Crippen molar-refractivity contribution < 1.29 is 22.4 Å². The van der Waals surface area contributed by atoms with E-state index in [1.165, 1.54) is 0 Å². The standard InChI is InChI=1S/C13H16F4N2O/c1-7(6-18)8(2)19-12(20)9-4-3-5-10(11(9)14)13(15,16)17/h3-5,7-8H,6,18H2,1-2H3,(H,19,20). The lowest BCUT2D eigenvalue weighted by atomic mass is 10.0. The topological polar surface area (TPSA) is 55.1 Å². The Hall–Kier alpha value is -1.63. The SMILES string of the molecule is CC(CN)C(C)NC(=O)c1cccc(C(F)(F)F)c1F. The number of amides is 1. The molecule has 0 radical (unpaired) electrons. The van der Waals surface area contributed by atoms with E-state index in [0.717, 1.165) is 12.1 Å². The van der Waals surface area contributed by atoms with E-state index in [1.807, 2.05) is 0 Å². The lowest BCUT2D eigenvalue weighted by Crippen LogP contribution is -2.40. The zero-order chi connectivity index (χ0) is 15.5. The Morgan fingerprint density at radius 1 is 1.35 bits per heavy atom. The summed E-state index contributed by atoms with van der Waals surface area (Å²) >= 11 is 0. The van der Waals surface area contributed by atoms with Crippen LogP contribution in [-0.2, 0) is 6.18 Å². The zero-order valence-corrected chi connectivity index (χ0v) is 11.1. The molecule has 1 aromatic rings. The van der Waals surface area contributed by atoms with Crippen molar-refractivity contribution in [3.8, 4) is 0 Å². The molecule has 0 spiro atoms. The van der Waals surface area contributed by atoms with Crippen LogP contribution in [0, 0.1) is 11.7 Å². The molecule has 0 aliphatic heterocycles. The second-order valence-electron chi connectivity index (χ2n) is 4.64. The first kappa shape index (κ1) is 16.4. The summed E-state index contributed by atoms with van der Waals surface area (Å²) in [6.07, 6.45) is -4.84. The van der Waals surface area contributed by atoms with Gasteiger partial charge in [-0.25, -0.2) is 4.39 Å². The van der Waals surface area contributed by atoms with Crippen molar-refractivity contribution in [1.29, 1.82) is 0 Å². The molecule has 1 rings (SSSR count). The Balaban J connectivity index is 3.01. The molecule has 0 saturated carbocycles. The third-order valence-corrected chi connectivity index (χ3v) is 3.13. The van der Waals surface area contributed by atoms with Crippen LogP contribution in [0.4, 0.5) is 17.6 Å². The van der Waals surface area contributed by atoms with Crippen molar-refractivity contribution in [2.24, 2.45) is 11.7 Å². The Morgan fingerprint density at radius 2 is 1.95 bits per heavy atom. The molecule has 7 heteroatoms. The molecule has 0 fully saturated rings. The fourth-order valence-corrected chi connectivity index (χ4v) is 1.56. The molecule has 0 heterocycles. The highest BCUT2D eigenvalue weighted by atomic mass is 19.4. The molecule has 0 aliphatic rings. The predicted molar refractivity (Wildman–Crippen MR) is 66.5 cm³/mol. The molecule has 3 N–H and O–H groups in total. The second kappa shape index (κ2) is 6.21. The lowest BCUT2D eigenvalue weighted by Gasteiger charge is -2.20. The number of carbonyl (C=O) groups is 1. The summed E-state index contributed by atoms with van der Waals surface area (Å²) in [6, 6.07) is 2.23. The summed E-state index contributed by atoms with van der Waals surface area (Å²) in [4.78, 5) is 11.8. The van der Waals surface area contributed by atoms with Crippen molar-refractivity contribution in [3.63, 3.8) is 0 Å². The molecule has 2 atom stereocenters. The summed E-state index contributed by atoms with van der Waals surface area (Å²) in [5, 5.41) is 2.44. The largest absolute Gasteiger partial charge is 0.419 e. The van der Waals surface area contributed by atoms with E-state index >= 15 is 0 Å². The van der Waals surface area contributed by atoms with Crippen molar-refractivity contribution in [2.75, 3.05) is 6.54 Å². The van der Waals surface area contributed by atoms with Crippen LogP contribution in [0.3, 0.4) is 0 Å². The van der Waals surface area contributed by atoms with Gasteiger partial charge < -0.3 is 11.1 Å². The van der Waals surface area contributed by atoms with Gasteiger partial charge in [0.15, 0.2) is 0 Å². The van der Waals surface area contributed by atoms with Crippen LogP contribution in [0.15, 0.2) is 18.2 Å². The summed E-state index contributed by atoms with van der Waals surface area (Å²) in [7, 11) is 0. The van der Waals surface area contributed by atoms with Gasteiger partial charge in [0, 0.05) is 6.04 Å². The molecule has 1 amide bonds. The molecular formula is C13H16F4N2O. The molecule has 20 heavy (non-hydrogen) atoms. The minimum atomic E-state index is -4.84. The number of hydrogen-bond donors (Lipinski definition) is 2. The fourth-order valence-electron chi connectivity index (χ4n) is 1.56. The molecule has 2 unspecified atom stereocenters. The average molecular weight is 292 g/mol. The third kappa shape index (κ3) is 3.69. The van der Waals surface area contributed by atoms with E-state index in [2.05, 4.69) is 5.32 Å². The van der Waals surface area contributed by atoms with Crippen molar-refractivity contribution in [3.05, 3.63) is 35.1 Å². The maximum Gasteiger partial charge on any atom is 0.419 e. The van der Waals surface area contributed by atoms with Crippen LogP contribution >= 0.6 is 0 Å². The second-order valence-corrected chi connectivity index (χ2v) is 4.64. The van der Waals surface area contributed by atoms with Gasteiger partial charge >= 0.3 is 6.18 Å². The fraction of sp³-hybridized carbons (Fsp3) is 0.462. The molecule has 0 bridgehead atoms. The minimum absolute atomic E-state index is 0.0761. The quantitative estimate of drug-likeness (QED) is 0.838. The molecular weight excluding hydrogens is 276 g/mol. The maximum atomic E-state index is 13.7. The molecule has 112 valence electrons. The average Bonchev–Trinajstić information content (AvgIpc) is 2.36. The number of rotatable bonds is 4. The Morgan fingerprint density at radius 3 is 2.45 bits per heavy atom. The van der Waals surface area contributed by atoms with Crippen LogP contribution in [0.5, 0.6) is 0 Å². The van der Waals surface area contributed by atoms with Gasteiger partial charge in [-0.1, -0.05) is 13.0 Å². The molecule has 3 nitrogen and oxygen atoms in total. The van der Waals surface area contributed by atoms with E-state index in [0.29, 0.717) is 12.6 Å². The van der Waals surface area contributed by atoms with Gasteiger partial charge in [0.25, 0.3) is 5.91 Å². The number of benzene rings is 1. The number of nitrogens with two attached hydrogens (primary N) is 1. The van der Waals surface area contributed by atoms with E-state index in [-0.39, 0.29) is 12.0 Å². The Kier molecular flexibility index (Phi) is 5.10. The van der Waals surface area contributed by atoms with Crippen molar-refractivity contribution in [1.82, 2.24) is 5.32 Å². The Bertz CT molecular complexity index is 488. The van der Waals surface area contributed by atoms with Crippen molar-refractivity contribution >= 4 is 5.91 Å². The van der Waals surface area contributed by atoms with Crippen molar-refractivity contribution in [2.45, 2.75) is 26.1 Å². The van der Waals surface area contributed by atoms with Gasteiger partial charge in [-0.3, -0.25) is 4.79 Å². The van der Waals surface area contributed by atoms with Crippen LogP contribution in [-0.4, -0.2) is 18.5 Å². The third-order valence-electron chi connectivity index (χ3n) is 3.13. The Labute approximate surface area is 114 Å².